The van der Waals surface area contributed by atoms with Gasteiger partial charge in [-0.1, -0.05) is 0 Å². The molecule has 0 aliphatic carbocycles. The van der Waals surface area contributed by atoms with E-state index in [1.165, 1.54) is 0 Å². The molecule has 1 aromatic carbocycles. The second-order valence-corrected chi connectivity index (χ2v) is 5.50. The molecule has 0 atom stereocenters. The molecule has 6 heteroatoms. The normalized spacial score (nSPS) is 10.4. The molecule has 0 saturated heterocycles. The number of carbonyl (C=O) groups is 1. The number of nitrogens with one attached hydrogen (secondary N) is 2. The Morgan fingerprint density at radius 3 is 2.50 bits per heavy atom. The molecule has 0 radical (unpaired) electrons. The first-order valence-corrected chi connectivity index (χ1v) is 7.27. The summed E-state index contributed by atoms with van der Waals surface area (Å²) in [7, 11) is 0. The molecule has 1 aromatic rings. The summed E-state index contributed by atoms with van der Waals surface area (Å²) in [5.74, 6) is 0.249. The predicted octanol–water partition coefficient (Wildman–Crippen LogP) is 2.53. The molecular weight excluding hydrogens is 364 g/mol. The number of hydrogen-bond donors (Lipinski definition) is 3. The van der Waals surface area contributed by atoms with Crippen LogP contribution in [0.25, 0.3) is 0 Å². The van der Waals surface area contributed by atoms with Crippen molar-refractivity contribution >= 4 is 37.8 Å². The van der Waals surface area contributed by atoms with Crippen LogP contribution in [0.2, 0.25) is 0 Å². The van der Waals surface area contributed by atoms with E-state index < -0.39 is 0 Å². The van der Waals surface area contributed by atoms with E-state index in [2.05, 4.69) is 42.5 Å². The van der Waals surface area contributed by atoms with E-state index in [1.807, 2.05) is 19.1 Å². The second-order valence-electron chi connectivity index (χ2n) is 3.79. The van der Waals surface area contributed by atoms with Gasteiger partial charge < -0.3 is 15.7 Å². The number of benzene rings is 1. The molecule has 100 valence electrons. The average Bonchev–Trinajstić information content (AvgIpc) is 2.32. The van der Waals surface area contributed by atoms with Crippen LogP contribution >= 0.6 is 31.9 Å². The summed E-state index contributed by atoms with van der Waals surface area (Å²) in [5, 5.41) is 15.5. The maximum absolute atomic E-state index is 11.2. The largest absolute Gasteiger partial charge is 0.506 e. The minimum atomic E-state index is 0.0538. The van der Waals surface area contributed by atoms with Crippen LogP contribution in [-0.2, 0) is 11.3 Å². The Bertz CT molecular complexity index is 402. The highest BCUT2D eigenvalue weighted by Gasteiger charge is 2.05. The molecule has 3 N–H and O–H groups in total. The fourth-order valence-corrected chi connectivity index (χ4v) is 2.72. The third-order valence-electron chi connectivity index (χ3n) is 2.31. The summed E-state index contributed by atoms with van der Waals surface area (Å²) in [4.78, 5) is 11.2. The Labute approximate surface area is 123 Å². The molecule has 0 spiro atoms. The smallest absolute Gasteiger partial charge is 0.221 e. The van der Waals surface area contributed by atoms with E-state index in [1.54, 1.807) is 0 Å². The molecule has 0 bridgehead atoms. The third-order valence-corrected chi connectivity index (χ3v) is 3.52. The topological polar surface area (TPSA) is 61.4 Å². The van der Waals surface area contributed by atoms with Crippen LogP contribution < -0.4 is 10.6 Å². The second kappa shape index (κ2) is 7.76. The van der Waals surface area contributed by atoms with Crippen molar-refractivity contribution < 1.29 is 9.90 Å². The van der Waals surface area contributed by atoms with E-state index in [0.29, 0.717) is 35.0 Å². The van der Waals surface area contributed by atoms with Gasteiger partial charge in [0.15, 0.2) is 0 Å². The summed E-state index contributed by atoms with van der Waals surface area (Å²) in [6.07, 6.45) is 0.467. The van der Waals surface area contributed by atoms with Crippen molar-refractivity contribution in [2.45, 2.75) is 19.9 Å². The first-order valence-electron chi connectivity index (χ1n) is 5.69. The van der Waals surface area contributed by atoms with Gasteiger partial charge in [0.2, 0.25) is 5.91 Å². The number of amides is 1. The minimum absolute atomic E-state index is 0.0538. The molecule has 18 heavy (non-hydrogen) atoms. The van der Waals surface area contributed by atoms with Crippen LogP contribution in [0, 0.1) is 0 Å². The van der Waals surface area contributed by atoms with Crippen LogP contribution in [-0.4, -0.2) is 24.1 Å². The average molecular weight is 380 g/mol. The third kappa shape index (κ3) is 4.96. The zero-order valence-electron chi connectivity index (χ0n) is 10.1. The highest BCUT2D eigenvalue weighted by atomic mass is 79.9. The molecule has 0 heterocycles. The SMILES string of the molecule is CCNC(=O)CCNCc1cc(Br)c(O)c(Br)c1. The summed E-state index contributed by atoms with van der Waals surface area (Å²) in [5.41, 5.74) is 1.03. The van der Waals surface area contributed by atoms with Gasteiger partial charge in [-0.3, -0.25) is 4.79 Å². The highest BCUT2D eigenvalue weighted by molar-refractivity contribution is 9.11. The van der Waals surface area contributed by atoms with Crippen LogP contribution in [0.4, 0.5) is 0 Å². The van der Waals surface area contributed by atoms with Gasteiger partial charge in [-0.15, -0.1) is 0 Å². The maximum atomic E-state index is 11.2. The van der Waals surface area contributed by atoms with E-state index >= 15 is 0 Å². The van der Waals surface area contributed by atoms with E-state index in [9.17, 15) is 9.90 Å². The number of halogens is 2. The maximum Gasteiger partial charge on any atom is 0.221 e. The van der Waals surface area contributed by atoms with Crippen molar-refractivity contribution in [3.8, 4) is 5.75 Å². The molecule has 1 amide bonds. The van der Waals surface area contributed by atoms with Gasteiger partial charge in [0, 0.05) is 26.1 Å². The molecule has 0 unspecified atom stereocenters. The zero-order valence-corrected chi connectivity index (χ0v) is 13.3. The molecule has 0 aromatic heterocycles. The zero-order chi connectivity index (χ0) is 13.5. The lowest BCUT2D eigenvalue weighted by Crippen LogP contribution is -2.27. The van der Waals surface area contributed by atoms with Gasteiger partial charge >= 0.3 is 0 Å². The van der Waals surface area contributed by atoms with Gasteiger partial charge in [0.05, 0.1) is 8.95 Å². The van der Waals surface area contributed by atoms with Crippen molar-refractivity contribution in [1.82, 2.24) is 10.6 Å². The predicted molar refractivity (Wildman–Crippen MR) is 78.5 cm³/mol. The Morgan fingerprint density at radius 1 is 1.33 bits per heavy atom. The Morgan fingerprint density at radius 2 is 1.94 bits per heavy atom. The first-order chi connectivity index (χ1) is 8.54. The van der Waals surface area contributed by atoms with Crippen LogP contribution in [0.1, 0.15) is 18.9 Å². The summed E-state index contributed by atoms with van der Waals surface area (Å²) >= 11 is 6.56. The monoisotopic (exact) mass is 378 g/mol. The fraction of sp³-hybridized carbons (Fsp3) is 0.417. The van der Waals surface area contributed by atoms with Crippen molar-refractivity contribution in [3.63, 3.8) is 0 Å². The highest BCUT2D eigenvalue weighted by Crippen LogP contribution is 2.33. The Kier molecular flexibility index (Phi) is 6.67. The van der Waals surface area contributed by atoms with Gasteiger partial charge in [-0.25, -0.2) is 0 Å². The van der Waals surface area contributed by atoms with Crippen molar-refractivity contribution in [1.29, 1.82) is 0 Å². The molecule has 0 saturated carbocycles. The number of carbonyl (C=O) groups excluding carboxylic acids is 1. The molecule has 0 aliphatic heterocycles. The van der Waals surface area contributed by atoms with E-state index in [0.717, 1.165) is 5.56 Å². The molecule has 0 fully saturated rings. The molecule has 4 nitrogen and oxygen atoms in total. The quantitative estimate of drug-likeness (QED) is 0.665. The van der Waals surface area contributed by atoms with Crippen molar-refractivity contribution in [2.75, 3.05) is 13.1 Å². The number of rotatable bonds is 6. The van der Waals surface area contributed by atoms with E-state index in [4.69, 9.17) is 0 Å². The number of hydrogen-bond acceptors (Lipinski definition) is 3. The van der Waals surface area contributed by atoms with Crippen LogP contribution in [0.3, 0.4) is 0 Å². The van der Waals surface area contributed by atoms with Gasteiger partial charge in [-0.05, 0) is 56.5 Å². The molecular formula is C12H16Br2N2O2. The van der Waals surface area contributed by atoms with Crippen molar-refractivity contribution in [2.24, 2.45) is 0 Å². The lowest BCUT2D eigenvalue weighted by molar-refractivity contribution is -0.120. The van der Waals surface area contributed by atoms with Crippen LogP contribution in [0.5, 0.6) is 5.75 Å². The number of aromatic hydroxyl groups is 1. The Hall–Kier alpha value is -0.590. The lowest BCUT2D eigenvalue weighted by Gasteiger charge is -2.08. The van der Waals surface area contributed by atoms with Crippen LogP contribution in [0.15, 0.2) is 21.1 Å². The standard InChI is InChI=1S/C12H16Br2N2O2/c1-2-16-11(17)3-4-15-7-8-5-9(13)12(18)10(14)6-8/h5-6,15,18H,2-4,7H2,1H3,(H,16,17). The summed E-state index contributed by atoms with van der Waals surface area (Å²) in [6.45, 7) is 3.84. The van der Waals surface area contributed by atoms with Gasteiger partial charge in [0.25, 0.3) is 0 Å². The molecule has 0 aliphatic rings. The summed E-state index contributed by atoms with van der Waals surface area (Å²) < 4.78 is 1.30. The molecule has 1 rings (SSSR count). The first kappa shape index (κ1) is 15.5. The minimum Gasteiger partial charge on any atom is -0.506 e. The number of phenols is 1. The fourth-order valence-electron chi connectivity index (χ4n) is 1.44. The number of phenolic OH excluding ortho intramolecular Hbond substituents is 1. The van der Waals surface area contributed by atoms with Gasteiger partial charge in [-0.2, -0.15) is 0 Å². The van der Waals surface area contributed by atoms with E-state index in [-0.39, 0.29) is 11.7 Å². The van der Waals surface area contributed by atoms with Crippen molar-refractivity contribution in [3.05, 3.63) is 26.6 Å². The Balaban J connectivity index is 2.38. The lowest BCUT2D eigenvalue weighted by atomic mass is 10.2. The van der Waals surface area contributed by atoms with Gasteiger partial charge in [0.1, 0.15) is 5.75 Å². The summed E-state index contributed by atoms with van der Waals surface area (Å²) in [6, 6.07) is 3.69.